The summed E-state index contributed by atoms with van der Waals surface area (Å²) in [6.07, 6.45) is -0.737. The van der Waals surface area contributed by atoms with Crippen molar-refractivity contribution in [2.24, 2.45) is 0 Å². The monoisotopic (exact) mass is 482 g/mol. The van der Waals surface area contributed by atoms with Crippen LogP contribution in [0.25, 0.3) is 0 Å². The second kappa shape index (κ2) is 10.6. The number of sulfonamides is 1. The van der Waals surface area contributed by atoms with Gasteiger partial charge in [-0.05, 0) is 73.4 Å². The Kier molecular flexibility index (Phi) is 7.83. The number of rotatable bonds is 9. The standard InChI is InChI=1S/C26H30N2O5S/c1-17(2)22-8-6-7-9-24(22)33-19(4)26(29)27-20-11-13-21(14-12-20)34(30,31)28-23-16-18(3)10-15-25(23)32-5/h6-17,19,28H,1-5H3,(H,27,29)/t19-/m0/s1. The number of nitrogens with one attached hydrogen (secondary N) is 2. The van der Waals surface area contributed by atoms with E-state index in [0.717, 1.165) is 11.1 Å². The van der Waals surface area contributed by atoms with Crippen LogP contribution >= 0.6 is 0 Å². The quantitative estimate of drug-likeness (QED) is 0.430. The van der Waals surface area contributed by atoms with E-state index >= 15 is 0 Å². The summed E-state index contributed by atoms with van der Waals surface area (Å²) >= 11 is 0. The minimum Gasteiger partial charge on any atom is -0.495 e. The van der Waals surface area contributed by atoms with Crippen LogP contribution in [0.3, 0.4) is 0 Å². The fraction of sp³-hybridized carbons (Fsp3) is 0.269. The Morgan fingerprint density at radius 1 is 0.912 bits per heavy atom. The van der Waals surface area contributed by atoms with E-state index < -0.39 is 16.1 Å². The predicted molar refractivity (Wildman–Crippen MR) is 134 cm³/mol. The molecule has 0 aliphatic rings. The molecule has 0 fully saturated rings. The fourth-order valence-corrected chi connectivity index (χ4v) is 4.44. The van der Waals surface area contributed by atoms with Gasteiger partial charge in [-0.3, -0.25) is 9.52 Å². The Bertz CT molecular complexity index is 1250. The summed E-state index contributed by atoms with van der Waals surface area (Å²) in [6, 6.07) is 18.8. The molecule has 1 amide bonds. The van der Waals surface area contributed by atoms with Gasteiger partial charge in [-0.2, -0.15) is 0 Å². The molecule has 0 radical (unpaired) electrons. The molecule has 0 unspecified atom stereocenters. The maximum atomic E-state index is 12.8. The van der Waals surface area contributed by atoms with Crippen molar-refractivity contribution in [3.63, 3.8) is 0 Å². The minimum atomic E-state index is -3.85. The number of amides is 1. The molecule has 2 N–H and O–H groups in total. The highest BCUT2D eigenvalue weighted by Crippen LogP contribution is 2.29. The topological polar surface area (TPSA) is 93.7 Å². The van der Waals surface area contributed by atoms with Crippen LogP contribution in [0.4, 0.5) is 11.4 Å². The van der Waals surface area contributed by atoms with Crippen LogP contribution in [-0.2, 0) is 14.8 Å². The lowest BCUT2D eigenvalue weighted by Gasteiger charge is -2.19. The average molecular weight is 483 g/mol. The second-order valence-corrected chi connectivity index (χ2v) is 9.96. The van der Waals surface area contributed by atoms with Gasteiger partial charge in [-0.1, -0.05) is 38.1 Å². The van der Waals surface area contributed by atoms with Gasteiger partial charge in [0.15, 0.2) is 6.10 Å². The Morgan fingerprint density at radius 3 is 2.24 bits per heavy atom. The van der Waals surface area contributed by atoms with Gasteiger partial charge in [0.2, 0.25) is 0 Å². The number of aryl methyl sites for hydroxylation is 1. The summed E-state index contributed by atoms with van der Waals surface area (Å²) < 4.78 is 39.4. The van der Waals surface area contributed by atoms with Crippen molar-refractivity contribution in [2.45, 2.75) is 44.6 Å². The van der Waals surface area contributed by atoms with Gasteiger partial charge >= 0.3 is 0 Å². The van der Waals surface area contributed by atoms with Crippen molar-refractivity contribution in [1.82, 2.24) is 0 Å². The molecular weight excluding hydrogens is 452 g/mol. The molecule has 0 saturated heterocycles. The van der Waals surface area contributed by atoms with Crippen molar-refractivity contribution in [3.8, 4) is 11.5 Å². The van der Waals surface area contributed by atoms with Crippen LogP contribution in [0.5, 0.6) is 11.5 Å². The van der Waals surface area contributed by atoms with Gasteiger partial charge in [0, 0.05) is 5.69 Å². The van der Waals surface area contributed by atoms with E-state index in [9.17, 15) is 13.2 Å². The lowest BCUT2D eigenvalue weighted by molar-refractivity contribution is -0.122. The lowest BCUT2D eigenvalue weighted by Crippen LogP contribution is -2.30. The molecule has 0 aliphatic carbocycles. The van der Waals surface area contributed by atoms with Gasteiger partial charge in [-0.15, -0.1) is 0 Å². The first-order valence-electron chi connectivity index (χ1n) is 10.9. The third-order valence-corrected chi connectivity index (χ3v) is 6.63. The number of hydrogen-bond acceptors (Lipinski definition) is 5. The maximum absolute atomic E-state index is 12.8. The number of methoxy groups -OCH3 is 1. The molecular formula is C26H30N2O5S. The summed E-state index contributed by atoms with van der Waals surface area (Å²) in [7, 11) is -2.37. The number of hydrogen-bond donors (Lipinski definition) is 2. The minimum absolute atomic E-state index is 0.0595. The first kappa shape index (κ1) is 25.1. The molecule has 3 aromatic carbocycles. The number of ether oxygens (including phenoxy) is 2. The third kappa shape index (κ3) is 6.08. The molecule has 3 aromatic rings. The highest BCUT2D eigenvalue weighted by Gasteiger charge is 2.19. The van der Waals surface area contributed by atoms with Gasteiger partial charge in [0.05, 0.1) is 17.7 Å². The van der Waals surface area contributed by atoms with Crippen molar-refractivity contribution in [3.05, 3.63) is 77.9 Å². The number of para-hydroxylation sites is 1. The first-order chi connectivity index (χ1) is 16.1. The van der Waals surface area contributed by atoms with E-state index in [1.807, 2.05) is 37.3 Å². The molecule has 0 heterocycles. The van der Waals surface area contributed by atoms with Gasteiger partial charge in [-0.25, -0.2) is 8.42 Å². The lowest BCUT2D eigenvalue weighted by atomic mass is 10.0. The van der Waals surface area contributed by atoms with E-state index in [0.29, 0.717) is 22.9 Å². The molecule has 0 aromatic heterocycles. The molecule has 3 rings (SSSR count). The second-order valence-electron chi connectivity index (χ2n) is 8.28. The van der Waals surface area contributed by atoms with E-state index in [2.05, 4.69) is 23.9 Å². The highest BCUT2D eigenvalue weighted by atomic mass is 32.2. The van der Waals surface area contributed by atoms with Gasteiger partial charge < -0.3 is 14.8 Å². The van der Waals surface area contributed by atoms with Crippen LogP contribution in [0.2, 0.25) is 0 Å². The van der Waals surface area contributed by atoms with E-state index in [1.165, 1.54) is 31.4 Å². The molecule has 1 atom stereocenters. The molecule has 7 nitrogen and oxygen atoms in total. The smallest absolute Gasteiger partial charge is 0.265 e. The Morgan fingerprint density at radius 2 is 1.59 bits per heavy atom. The van der Waals surface area contributed by atoms with Gasteiger partial charge in [0.1, 0.15) is 11.5 Å². The molecule has 0 saturated carbocycles. The maximum Gasteiger partial charge on any atom is 0.265 e. The van der Waals surface area contributed by atoms with E-state index in [1.54, 1.807) is 19.1 Å². The van der Waals surface area contributed by atoms with Crippen LogP contribution < -0.4 is 19.5 Å². The Balaban J connectivity index is 1.68. The van der Waals surface area contributed by atoms with Crippen LogP contribution in [0.15, 0.2) is 71.6 Å². The molecule has 0 bridgehead atoms. The zero-order chi connectivity index (χ0) is 24.9. The summed E-state index contributed by atoms with van der Waals surface area (Å²) in [5, 5.41) is 2.77. The van der Waals surface area contributed by atoms with Crippen LogP contribution in [-0.4, -0.2) is 27.5 Å². The molecule has 0 aliphatic heterocycles. The Labute approximate surface area is 201 Å². The normalized spacial score (nSPS) is 12.2. The summed E-state index contributed by atoms with van der Waals surface area (Å²) in [5.74, 6) is 1.01. The van der Waals surface area contributed by atoms with E-state index in [-0.39, 0.29) is 16.7 Å². The number of anilines is 2. The zero-order valence-electron chi connectivity index (χ0n) is 20.0. The molecule has 34 heavy (non-hydrogen) atoms. The Hall–Kier alpha value is -3.52. The molecule has 0 spiro atoms. The van der Waals surface area contributed by atoms with Crippen LogP contribution in [0, 0.1) is 6.92 Å². The first-order valence-corrected chi connectivity index (χ1v) is 12.4. The molecule has 180 valence electrons. The largest absolute Gasteiger partial charge is 0.495 e. The highest BCUT2D eigenvalue weighted by molar-refractivity contribution is 7.92. The average Bonchev–Trinajstić information content (AvgIpc) is 2.79. The number of carbonyl (C=O) groups excluding carboxylic acids is 1. The van der Waals surface area contributed by atoms with Crippen molar-refractivity contribution in [2.75, 3.05) is 17.1 Å². The van der Waals surface area contributed by atoms with Crippen LogP contribution in [0.1, 0.15) is 37.8 Å². The summed E-state index contributed by atoms with van der Waals surface area (Å²) in [4.78, 5) is 12.7. The summed E-state index contributed by atoms with van der Waals surface area (Å²) in [5.41, 5.74) is 2.73. The third-order valence-electron chi connectivity index (χ3n) is 5.25. The van der Waals surface area contributed by atoms with Gasteiger partial charge in [0.25, 0.3) is 15.9 Å². The van der Waals surface area contributed by atoms with Crippen molar-refractivity contribution < 1.29 is 22.7 Å². The zero-order valence-corrected chi connectivity index (χ0v) is 20.8. The van der Waals surface area contributed by atoms with E-state index in [4.69, 9.17) is 9.47 Å². The fourth-order valence-electron chi connectivity index (χ4n) is 3.38. The SMILES string of the molecule is COc1ccc(C)cc1NS(=O)(=O)c1ccc(NC(=O)[C@H](C)Oc2ccccc2C(C)C)cc1. The number of benzene rings is 3. The summed E-state index contributed by atoms with van der Waals surface area (Å²) in [6.45, 7) is 7.66. The van der Waals surface area contributed by atoms with Crippen molar-refractivity contribution in [1.29, 1.82) is 0 Å². The van der Waals surface area contributed by atoms with Crippen molar-refractivity contribution >= 4 is 27.3 Å². The number of carbonyl (C=O) groups is 1. The predicted octanol–water partition coefficient (Wildman–Crippen LogP) is 5.33. The molecule has 8 heteroatoms.